The van der Waals surface area contributed by atoms with Gasteiger partial charge in [-0.05, 0) is 24.7 Å². The maximum absolute atomic E-state index is 9.21. The van der Waals surface area contributed by atoms with E-state index in [1.54, 1.807) is 0 Å². The normalized spacial score (nSPS) is 28.7. The molecule has 0 aliphatic heterocycles. The molecule has 14 heavy (non-hydrogen) atoms. The van der Waals surface area contributed by atoms with Crippen molar-refractivity contribution < 1.29 is 10.2 Å². The van der Waals surface area contributed by atoms with Crippen molar-refractivity contribution in [3.63, 3.8) is 0 Å². The molecule has 1 rings (SSSR count). The first kappa shape index (κ1) is 12.0. The number of hydrogen-bond donors (Lipinski definition) is 3. The minimum absolute atomic E-state index is 0.150. The van der Waals surface area contributed by atoms with Gasteiger partial charge in [-0.2, -0.15) is 0 Å². The number of hydrogen-bond acceptors (Lipinski definition) is 3. The molecule has 0 amide bonds. The van der Waals surface area contributed by atoms with Gasteiger partial charge in [0.15, 0.2) is 0 Å². The van der Waals surface area contributed by atoms with E-state index in [4.69, 9.17) is 5.11 Å². The van der Waals surface area contributed by atoms with Crippen LogP contribution in [-0.4, -0.2) is 35.5 Å². The molecule has 0 saturated heterocycles. The van der Waals surface area contributed by atoms with Crippen LogP contribution in [0.5, 0.6) is 0 Å². The van der Waals surface area contributed by atoms with Crippen molar-refractivity contribution in [3.05, 3.63) is 0 Å². The van der Waals surface area contributed by atoms with Gasteiger partial charge in [0.25, 0.3) is 0 Å². The highest BCUT2D eigenvalue weighted by atomic mass is 16.3. The quantitative estimate of drug-likeness (QED) is 0.633. The molecule has 3 heteroatoms. The van der Waals surface area contributed by atoms with E-state index < -0.39 is 6.10 Å². The Hall–Kier alpha value is -0.120. The van der Waals surface area contributed by atoms with Crippen molar-refractivity contribution in [3.8, 4) is 0 Å². The minimum Gasteiger partial charge on any atom is -0.394 e. The van der Waals surface area contributed by atoms with Crippen LogP contribution in [0.4, 0.5) is 0 Å². The molecule has 0 aromatic heterocycles. The van der Waals surface area contributed by atoms with Crippen LogP contribution >= 0.6 is 0 Å². The summed E-state index contributed by atoms with van der Waals surface area (Å²) >= 11 is 0. The molecular formula is C11H23NO2. The van der Waals surface area contributed by atoms with Crippen molar-refractivity contribution in [1.29, 1.82) is 0 Å². The smallest absolute Gasteiger partial charge is 0.0895 e. The maximum Gasteiger partial charge on any atom is 0.0895 e. The zero-order valence-corrected chi connectivity index (χ0v) is 9.29. The predicted molar refractivity (Wildman–Crippen MR) is 57.1 cm³/mol. The summed E-state index contributed by atoms with van der Waals surface area (Å²) in [5, 5.41) is 21.2. The lowest BCUT2D eigenvalue weighted by Gasteiger charge is -2.36. The van der Waals surface area contributed by atoms with E-state index in [0.29, 0.717) is 18.0 Å². The SMILES string of the molecule is CC1(C)CCCC(NC[C@H](O)CO)C1. The van der Waals surface area contributed by atoms with E-state index in [2.05, 4.69) is 19.2 Å². The highest BCUT2D eigenvalue weighted by Crippen LogP contribution is 2.34. The highest BCUT2D eigenvalue weighted by molar-refractivity contribution is 4.83. The van der Waals surface area contributed by atoms with Crippen LogP contribution in [-0.2, 0) is 0 Å². The Bertz CT molecular complexity index is 171. The molecule has 84 valence electrons. The fourth-order valence-corrected chi connectivity index (χ4v) is 2.24. The average molecular weight is 201 g/mol. The molecule has 1 unspecified atom stereocenters. The van der Waals surface area contributed by atoms with Gasteiger partial charge in [0, 0.05) is 12.6 Å². The van der Waals surface area contributed by atoms with Crippen molar-refractivity contribution in [2.75, 3.05) is 13.2 Å². The van der Waals surface area contributed by atoms with E-state index in [9.17, 15) is 5.11 Å². The first-order valence-corrected chi connectivity index (χ1v) is 5.56. The van der Waals surface area contributed by atoms with Gasteiger partial charge in [-0.25, -0.2) is 0 Å². The van der Waals surface area contributed by atoms with Crippen molar-refractivity contribution in [1.82, 2.24) is 5.32 Å². The Balaban J connectivity index is 2.24. The molecule has 1 aliphatic carbocycles. The largest absolute Gasteiger partial charge is 0.394 e. The molecule has 1 saturated carbocycles. The number of aliphatic hydroxyl groups excluding tert-OH is 2. The second kappa shape index (κ2) is 5.10. The summed E-state index contributed by atoms with van der Waals surface area (Å²) < 4.78 is 0. The van der Waals surface area contributed by atoms with Crippen LogP contribution in [0.25, 0.3) is 0 Å². The Labute approximate surface area is 86.5 Å². The topological polar surface area (TPSA) is 52.5 Å². The Morgan fingerprint density at radius 1 is 1.50 bits per heavy atom. The van der Waals surface area contributed by atoms with Gasteiger partial charge in [-0.1, -0.05) is 20.3 Å². The van der Waals surface area contributed by atoms with E-state index in [0.717, 1.165) is 0 Å². The Morgan fingerprint density at radius 3 is 2.79 bits per heavy atom. The van der Waals surface area contributed by atoms with Gasteiger partial charge in [0.2, 0.25) is 0 Å². The second-order valence-corrected chi connectivity index (χ2v) is 5.20. The van der Waals surface area contributed by atoms with Crippen LogP contribution in [0, 0.1) is 5.41 Å². The van der Waals surface area contributed by atoms with Crippen LogP contribution in [0.3, 0.4) is 0 Å². The fraction of sp³-hybridized carbons (Fsp3) is 1.00. The van der Waals surface area contributed by atoms with E-state index in [1.807, 2.05) is 0 Å². The molecule has 0 radical (unpaired) electrons. The van der Waals surface area contributed by atoms with Gasteiger partial charge in [-0.15, -0.1) is 0 Å². The third kappa shape index (κ3) is 3.95. The summed E-state index contributed by atoms with van der Waals surface area (Å²) in [5.74, 6) is 0. The van der Waals surface area contributed by atoms with Crippen LogP contribution in [0.15, 0.2) is 0 Å². The summed E-state index contributed by atoms with van der Waals surface area (Å²) in [7, 11) is 0. The zero-order chi connectivity index (χ0) is 10.6. The molecule has 1 fully saturated rings. The second-order valence-electron chi connectivity index (χ2n) is 5.20. The summed E-state index contributed by atoms with van der Waals surface area (Å²) in [6.07, 6.45) is 4.32. The first-order chi connectivity index (χ1) is 6.53. The van der Waals surface area contributed by atoms with Crippen LogP contribution < -0.4 is 5.32 Å². The third-order valence-electron chi connectivity index (χ3n) is 3.06. The van der Waals surface area contributed by atoms with Crippen LogP contribution in [0.2, 0.25) is 0 Å². The summed E-state index contributed by atoms with van der Waals surface area (Å²) in [5.41, 5.74) is 0.431. The van der Waals surface area contributed by atoms with Gasteiger partial charge < -0.3 is 15.5 Å². The van der Waals surface area contributed by atoms with Gasteiger partial charge >= 0.3 is 0 Å². The zero-order valence-electron chi connectivity index (χ0n) is 9.29. The van der Waals surface area contributed by atoms with E-state index >= 15 is 0 Å². The molecule has 2 atom stereocenters. The molecule has 0 heterocycles. The summed E-state index contributed by atoms with van der Waals surface area (Å²) in [4.78, 5) is 0. The standard InChI is InChI=1S/C11H23NO2/c1-11(2)5-3-4-9(6-11)12-7-10(14)8-13/h9-10,12-14H,3-8H2,1-2H3/t9?,10-/m0/s1. The molecule has 0 aromatic rings. The van der Waals surface area contributed by atoms with Gasteiger partial charge in [0.1, 0.15) is 0 Å². The van der Waals surface area contributed by atoms with Crippen molar-refractivity contribution in [2.24, 2.45) is 5.41 Å². The van der Waals surface area contributed by atoms with Crippen LogP contribution in [0.1, 0.15) is 39.5 Å². The predicted octanol–water partition coefficient (Wildman–Crippen LogP) is 0.898. The number of aliphatic hydroxyl groups is 2. The van der Waals surface area contributed by atoms with Gasteiger partial charge in [0.05, 0.1) is 12.7 Å². The highest BCUT2D eigenvalue weighted by Gasteiger charge is 2.27. The molecular weight excluding hydrogens is 178 g/mol. The molecule has 3 N–H and O–H groups in total. The number of nitrogens with one attached hydrogen (secondary N) is 1. The third-order valence-corrected chi connectivity index (χ3v) is 3.06. The van der Waals surface area contributed by atoms with E-state index in [1.165, 1.54) is 25.7 Å². The minimum atomic E-state index is -0.611. The Kier molecular flexibility index (Phi) is 4.35. The molecule has 0 aromatic carbocycles. The van der Waals surface area contributed by atoms with Crippen molar-refractivity contribution >= 4 is 0 Å². The van der Waals surface area contributed by atoms with Gasteiger partial charge in [-0.3, -0.25) is 0 Å². The van der Waals surface area contributed by atoms with E-state index in [-0.39, 0.29) is 6.61 Å². The average Bonchev–Trinajstić information content (AvgIpc) is 2.12. The summed E-state index contributed by atoms with van der Waals surface area (Å²) in [6.45, 7) is 4.95. The molecule has 0 spiro atoms. The lowest BCUT2D eigenvalue weighted by molar-refractivity contribution is 0.0861. The summed E-state index contributed by atoms with van der Waals surface area (Å²) in [6, 6.07) is 0.514. The fourth-order valence-electron chi connectivity index (χ4n) is 2.24. The monoisotopic (exact) mass is 201 g/mol. The first-order valence-electron chi connectivity index (χ1n) is 5.56. The number of rotatable bonds is 4. The maximum atomic E-state index is 9.21. The lowest BCUT2D eigenvalue weighted by Crippen LogP contribution is -2.41. The molecule has 0 bridgehead atoms. The lowest BCUT2D eigenvalue weighted by atomic mass is 9.75. The molecule has 1 aliphatic rings. The van der Waals surface area contributed by atoms with Crippen molar-refractivity contribution in [2.45, 2.75) is 51.7 Å². The Morgan fingerprint density at radius 2 is 2.21 bits per heavy atom. The molecule has 3 nitrogen and oxygen atoms in total.